The lowest BCUT2D eigenvalue weighted by atomic mass is 10.3. The molecule has 6 heteroatoms. The lowest BCUT2D eigenvalue weighted by Crippen LogP contribution is -2.25. The quantitative estimate of drug-likeness (QED) is 0.582. The maximum atomic E-state index is 13.4. The van der Waals surface area contributed by atoms with Gasteiger partial charge in [0.2, 0.25) is 11.9 Å². The fourth-order valence-corrected chi connectivity index (χ4v) is 2.38. The summed E-state index contributed by atoms with van der Waals surface area (Å²) in [5, 5.41) is 0. The van der Waals surface area contributed by atoms with Crippen molar-refractivity contribution >= 4 is 43.5 Å². The first-order valence-electron chi connectivity index (χ1n) is 4.33. The molecule has 2 heterocycles. The summed E-state index contributed by atoms with van der Waals surface area (Å²) in [6, 6.07) is 1.56. The number of amides is 1. The number of hydrogen-bond acceptors (Lipinski definition) is 2. The van der Waals surface area contributed by atoms with Crippen LogP contribution in [0.4, 0.5) is 10.1 Å². The normalized spacial score (nSPS) is 21.1. The molecule has 1 aromatic heterocycles. The minimum Gasteiger partial charge on any atom is -0.307 e. The molecule has 1 aliphatic heterocycles. The Morgan fingerprint density at radius 1 is 1.60 bits per heavy atom. The van der Waals surface area contributed by atoms with Gasteiger partial charge in [0.05, 0.1) is 0 Å². The Kier molecular flexibility index (Phi) is 3.06. The first kappa shape index (κ1) is 11.0. The molecule has 1 amide bonds. The molecule has 1 fully saturated rings. The van der Waals surface area contributed by atoms with E-state index in [0.717, 1.165) is 0 Å². The van der Waals surface area contributed by atoms with E-state index in [1.165, 1.54) is 11.1 Å². The van der Waals surface area contributed by atoms with E-state index in [1.807, 2.05) is 0 Å². The maximum Gasteiger partial charge on any atom is 0.236 e. The van der Waals surface area contributed by atoms with Crippen molar-refractivity contribution in [2.45, 2.75) is 11.2 Å². The van der Waals surface area contributed by atoms with E-state index >= 15 is 0 Å². The number of anilines is 1. The van der Waals surface area contributed by atoms with Crippen LogP contribution in [0.2, 0.25) is 0 Å². The maximum absolute atomic E-state index is 13.4. The Balaban J connectivity index is 2.37. The summed E-state index contributed by atoms with van der Waals surface area (Å²) in [4.78, 5) is 16.6. The predicted octanol–water partition coefficient (Wildman–Crippen LogP) is 2.48. The zero-order chi connectivity index (χ0) is 11.0. The van der Waals surface area contributed by atoms with E-state index in [2.05, 4.69) is 36.8 Å². The molecule has 1 saturated heterocycles. The molecular weight excluding hydrogens is 331 g/mol. The van der Waals surface area contributed by atoms with Crippen molar-refractivity contribution in [3.63, 3.8) is 0 Å². The molecule has 0 aromatic carbocycles. The molecule has 0 aliphatic carbocycles. The van der Waals surface area contributed by atoms with Crippen molar-refractivity contribution in [2.24, 2.45) is 0 Å². The number of hydrogen-bond donors (Lipinski definition) is 0. The van der Waals surface area contributed by atoms with Gasteiger partial charge in [-0.05, 0) is 22.0 Å². The van der Waals surface area contributed by atoms with Crippen LogP contribution < -0.4 is 4.90 Å². The van der Waals surface area contributed by atoms with Gasteiger partial charge in [-0.3, -0.25) is 4.79 Å². The Labute approximate surface area is 103 Å². The van der Waals surface area contributed by atoms with Crippen molar-refractivity contribution < 1.29 is 9.18 Å². The third kappa shape index (κ3) is 2.20. The van der Waals surface area contributed by atoms with Crippen LogP contribution in [0, 0.1) is 5.95 Å². The van der Waals surface area contributed by atoms with Gasteiger partial charge in [0, 0.05) is 28.5 Å². The van der Waals surface area contributed by atoms with Gasteiger partial charge in [-0.2, -0.15) is 4.39 Å². The second kappa shape index (κ2) is 4.17. The third-order valence-corrected chi connectivity index (χ3v) is 3.20. The number of pyridine rings is 1. The van der Waals surface area contributed by atoms with Crippen LogP contribution in [0.1, 0.15) is 6.42 Å². The summed E-state index contributed by atoms with van der Waals surface area (Å²) >= 11 is 6.54. The standard InChI is InChI=1S/C9H7Br2FN2O/c10-5-1-7(9(12)13-3-5)14-4-6(11)2-8(14)15/h1,3,6H,2,4H2. The van der Waals surface area contributed by atoms with Gasteiger partial charge in [-0.15, -0.1) is 0 Å². The summed E-state index contributed by atoms with van der Waals surface area (Å²) in [7, 11) is 0. The van der Waals surface area contributed by atoms with Gasteiger partial charge < -0.3 is 4.90 Å². The molecule has 1 unspecified atom stereocenters. The highest BCUT2D eigenvalue weighted by Crippen LogP contribution is 2.28. The molecule has 1 aromatic rings. The highest BCUT2D eigenvalue weighted by atomic mass is 79.9. The molecule has 80 valence electrons. The zero-order valence-corrected chi connectivity index (χ0v) is 10.8. The Hall–Kier alpha value is -0.490. The first-order valence-corrected chi connectivity index (χ1v) is 6.04. The lowest BCUT2D eigenvalue weighted by Gasteiger charge is -2.16. The number of nitrogens with zero attached hydrogens (tertiary/aromatic N) is 2. The molecule has 15 heavy (non-hydrogen) atoms. The fraction of sp³-hybridized carbons (Fsp3) is 0.333. The van der Waals surface area contributed by atoms with Crippen LogP contribution in [0.3, 0.4) is 0 Å². The molecule has 0 N–H and O–H groups in total. The van der Waals surface area contributed by atoms with Crippen LogP contribution in [0.5, 0.6) is 0 Å². The van der Waals surface area contributed by atoms with Gasteiger partial charge in [-0.1, -0.05) is 15.9 Å². The number of carbonyl (C=O) groups is 1. The topological polar surface area (TPSA) is 33.2 Å². The van der Waals surface area contributed by atoms with E-state index in [1.54, 1.807) is 6.07 Å². The summed E-state index contributed by atoms with van der Waals surface area (Å²) in [6.07, 6.45) is 1.76. The SMILES string of the molecule is O=C1CC(Br)CN1c1cc(Br)cnc1F. The second-order valence-corrected chi connectivity index (χ2v) is 5.48. The number of aromatic nitrogens is 1. The first-order chi connectivity index (χ1) is 7.08. The van der Waals surface area contributed by atoms with Crippen LogP contribution >= 0.6 is 31.9 Å². The number of carbonyl (C=O) groups excluding carboxylic acids is 1. The number of rotatable bonds is 1. The highest BCUT2D eigenvalue weighted by Gasteiger charge is 2.30. The summed E-state index contributed by atoms with van der Waals surface area (Å²) < 4.78 is 14.0. The average Bonchev–Trinajstić information content (AvgIpc) is 2.50. The Morgan fingerprint density at radius 3 is 2.93 bits per heavy atom. The predicted molar refractivity (Wildman–Crippen MR) is 61.6 cm³/mol. The Bertz CT molecular complexity index is 413. The fourth-order valence-electron chi connectivity index (χ4n) is 1.50. The average molecular weight is 338 g/mol. The molecule has 0 radical (unpaired) electrons. The van der Waals surface area contributed by atoms with Crippen molar-refractivity contribution in [3.05, 3.63) is 22.7 Å². The van der Waals surface area contributed by atoms with Crippen molar-refractivity contribution in [3.8, 4) is 0 Å². The van der Waals surface area contributed by atoms with Gasteiger partial charge in [0.1, 0.15) is 5.69 Å². The summed E-state index contributed by atoms with van der Waals surface area (Å²) in [5.74, 6) is -0.705. The van der Waals surface area contributed by atoms with Gasteiger partial charge in [0.25, 0.3) is 0 Å². The van der Waals surface area contributed by atoms with Crippen molar-refractivity contribution in [1.82, 2.24) is 4.98 Å². The van der Waals surface area contributed by atoms with Crippen molar-refractivity contribution in [2.75, 3.05) is 11.4 Å². The van der Waals surface area contributed by atoms with Crippen molar-refractivity contribution in [1.29, 1.82) is 0 Å². The monoisotopic (exact) mass is 336 g/mol. The number of halogens is 3. The van der Waals surface area contributed by atoms with E-state index in [4.69, 9.17) is 0 Å². The van der Waals surface area contributed by atoms with Gasteiger partial charge >= 0.3 is 0 Å². The molecule has 3 nitrogen and oxygen atoms in total. The van der Waals surface area contributed by atoms with E-state index in [9.17, 15) is 9.18 Å². The van der Waals surface area contributed by atoms with E-state index < -0.39 is 5.95 Å². The molecule has 1 atom stereocenters. The summed E-state index contributed by atoms with van der Waals surface area (Å²) in [6.45, 7) is 0.480. The van der Waals surface area contributed by atoms with Crippen LogP contribution in [-0.4, -0.2) is 22.3 Å². The van der Waals surface area contributed by atoms with Gasteiger partial charge in [-0.25, -0.2) is 4.98 Å². The van der Waals surface area contributed by atoms with E-state index in [-0.39, 0.29) is 16.4 Å². The largest absolute Gasteiger partial charge is 0.307 e. The highest BCUT2D eigenvalue weighted by molar-refractivity contribution is 9.10. The molecule has 2 rings (SSSR count). The number of alkyl halides is 1. The molecular formula is C9H7Br2FN2O. The van der Waals surface area contributed by atoms with Crippen LogP contribution in [0.15, 0.2) is 16.7 Å². The van der Waals surface area contributed by atoms with Crippen LogP contribution in [-0.2, 0) is 4.79 Å². The molecule has 1 aliphatic rings. The minimum atomic E-state index is -0.617. The Morgan fingerprint density at radius 2 is 2.33 bits per heavy atom. The second-order valence-electron chi connectivity index (χ2n) is 3.27. The van der Waals surface area contributed by atoms with Gasteiger partial charge in [0.15, 0.2) is 0 Å². The minimum absolute atomic E-state index is 0.0865. The van der Waals surface area contributed by atoms with Crippen LogP contribution in [0.25, 0.3) is 0 Å². The molecule has 0 saturated carbocycles. The smallest absolute Gasteiger partial charge is 0.236 e. The van der Waals surface area contributed by atoms with E-state index in [0.29, 0.717) is 17.4 Å². The summed E-state index contributed by atoms with van der Waals surface area (Å²) in [5.41, 5.74) is 0.233. The third-order valence-electron chi connectivity index (χ3n) is 2.16. The molecule has 0 spiro atoms. The zero-order valence-electron chi connectivity index (χ0n) is 7.58. The molecule has 0 bridgehead atoms. The lowest BCUT2D eigenvalue weighted by molar-refractivity contribution is -0.117.